The van der Waals surface area contributed by atoms with Crippen molar-refractivity contribution in [1.29, 1.82) is 0 Å². The van der Waals surface area contributed by atoms with Gasteiger partial charge in [0.05, 0.1) is 0 Å². The predicted molar refractivity (Wildman–Crippen MR) is 56.4 cm³/mol. The van der Waals surface area contributed by atoms with Gasteiger partial charge in [0.1, 0.15) is 5.71 Å². The van der Waals surface area contributed by atoms with Crippen molar-refractivity contribution in [2.45, 2.75) is 38.6 Å². The number of ketones is 2. The van der Waals surface area contributed by atoms with Gasteiger partial charge < -0.3 is 0 Å². The molecule has 0 aromatic rings. The number of nitrogens with zero attached hydrogens (tertiary/aromatic N) is 2. The summed E-state index contributed by atoms with van der Waals surface area (Å²) < 4.78 is 0. The lowest BCUT2D eigenvalue weighted by molar-refractivity contribution is -0.124. The molecule has 1 atom stereocenters. The quantitative estimate of drug-likeness (QED) is 0.514. The van der Waals surface area contributed by atoms with Gasteiger partial charge in [-0.15, -0.1) is 0 Å². The minimum atomic E-state index is -0.665. The highest BCUT2D eigenvalue weighted by atomic mass is 16.2. The smallest absolute Gasteiger partial charge is 0.211 e. The molecule has 2 rings (SSSR count). The molecule has 0 spiro atoms. The minimum Gasteiger partial charge on any atom is -0.292 e. The maximum atomic E-state index is 11.8. The number of unbranched alkanes of at least 4 members (excludes halogenated alkanes) is 2. The monoisotopic (exact) mass is 206 g/mol. The summed E-state index contributed by atoms with van der Waals surface area (Å²) in [6.45, 7) is 2.11. The van der Waals surface area contributed by atoms with Gasteiger partial charge in [0.15, 0.2) is 11.8 Å². The maximum Gasteiger partial charge on any atom is 0.211 e. The Morgan fingerprint density at radius 2 is 2.20 bits per heavy atom. The van der Waals surface area contributed by atoms with E-state index < -0.39 is 6.04 Å². The summed E-state index contributed by atoms with van der Waals surface area (Å²) in [5, 5.41) is 5.62. The summed E-state index contributed by atoms with van der Waals surface area (Å²) in [5.74, 6) is -0.254. The highest BCUT2D eigenvalue weighted by Gasteiger charge is 2.41. The molecule has 0 amide bonds. The SMILES string of the molecule is CCCCCC1=NN2C=CC(=O)C2C1=O. The molecule has 2 aliphatic rings. The molecule has 0 aromatic carbocycles. The fraction of sp³-hybridized carbons (Fsp3) is 0.545. The normalized spacial score (nSPS) is 23.7. The lowest BCUT2D eigenvalue weighted by Gasteiger charge is -2.07. The molecular formula is C11H14N2O2. The molecular weight excluding hydrogens is 192 g/mol. The zero-order chi connectivity index (χ0) is 10.8. The Morgan fingerprint density at radius 1 is 1.40 bits per heavy atom. The van der Waals surface area contributed by atoms with Crippen molar-refractivity contribution in [2.75, 3.05) is 0 Å². The van der Waals surface area contributed by atoms with Gasteiger partial charge in [-0.2, -0.15) is 5.10 Å². The van der Waals surface area contributed by atoms with E-state index in [-0.39, 0.29) is 11.6 Å². The molecule has 2 heterocycles. The standard InChI is InChI=1S/C11H14N2O2/c1-2-3-4-5-8-11(15)10-9(14)6-7-13(10)12-8/h6-7,10H,2-5H2,1H3. The van der Waals surface area contributed by atoms with E-state index in [0.717, 1.165) is 19.3 Å². The van der Waals surface area contributed by atoms with Gasteiger partial charge in [0.2, 0.25) is 5.78 Å². The van der Waals surface area contributed by atoms with E-state index in [2.05, 4.69) is 12.0 Å². The van der Waals surface area contributed by atoms with Gasteiger partial charge in [-0.1, -0.05) is 19.8 Å². The largest absolute Gasteiger partial charge is 0.292 e. The van der Waals surface area contributed by atoms with Crippen LogP contribution < -0.4 is 0 Å². The summed E-state index contributed by atoms with van der Waals surface area (Å²) >= 11 is 0. The third kappa shape index (κ3) is 1.71. The van der Waals surface area contributed by atoms with Gasteiger partial charge in [0.25, 0.3) is 0 Å². The summed E-state index contributed by atoms with van der Waals surface area (Å²) in [4.78, 5) is 23.1. The van der Waals surface area contributed by atoms with Crippen LogP contribution >= 0.6 is 0 Å². The van der Waals surface area contributed by atoms with Crippen LogP contribution in [0.1, 0.15) is 32.6 Å². The Kier molecular flexibility index (Phi) is 2.66. The average molecular weight is 206 g/mol. The lowest BCUT2D eigenvalue weighted by Crippen LogP contribution is -2.33. The lowest BCUT2D eigenvalue weighted by atomic mass is 10.0. The van der Waals surface area contributed by atoms with Crippen molar-refractivity contribution in [3.05, 3.63) is 12.3 Å². The molecule has 15 heavy (non-hydrogen) atoms. The Bertz CT molecular complexity index is 358. The third-order valence-corrected chi connectivity index (χ3v) is 2.71. The number of hydrogen-bond acceptors (Lipinski definition) is 4. The maximum absolute atomic E-state index is 11.8. The van der Waals surface area contributed by atoms with Gasteiger partial charge in [-0.25, -0.2) is 0 Å². The molecule has 0 saturated carbocycles. The molecule has 0 saturated heterocycles. The van der Waals surface area contributed by atoms with E-state index in [1.807, 2.05) is 0 Å². The Labute approximate surface area is 88.6 Å². The van der Waals surface area contributed by atoms with Crippen molar-refractivity contribution < 1.29 is 9.59 Å². The second-order valence-corrected chi connectivity index (χ2v) is 3.87. The molecule has 80 valence electrons. The topological polar surface area (TPSA) is 49.7 Å². The van der Waals surface area contributed by atoms with Crippen molar-refractivity contribution in [3.63, 3.8) is 0 Å². The van der Waals surface area contributed by atoms with Crippen molar-refractivity contribution in [3.8, 4) is 0 Å². The number of Topliss-reactive ketones (excluding diaryl/α,β-unsaturated/α-hetero) is 1. The number of hydrogen-bond donors (Lipinski definition) is 0. The van der Waals surface area contributed by atoms with Crippen molar-refractivity contribution in [1.82, 2.24) is 5.01 Å². The van der Waals surface area contributed by atoms with Gasteiger partial charge in [-0.05, 0) is 12.8 Å². The van der Waals surface area contributed by atoms with E-state index in [4.69, 9.17) is 0 Å². The third-order valence-electron chi connectivity index (χ3n) is 2.71. The van der Waals surface area contributed by atoms with Crippen LogP contribution in [0.4, 0.5) is 0 Å². The first-order valence-corrected chi connectivity index (χ1v) is 5.36. The molecule has 0 aliphatic carbocycles. The summed E-state index contributed by atoms with van der Waals surface area (Å²) in [5.41, 5.74) is 0.561. The number of hydrazone groups is 1. The first-order chi connectivity index (χ1) is 7.24. The first-order valence-electron chi connectivity index (χ1n) is 5.36. The van der Waals surface area contributed by atoms with E-state index >= 15 is 0 Å². The molecule has 0 bridgehead atoms. The van der Waals surface area contributed by atoms with Crippen LogP contribution in [0.2, 0.25) is 0 Å². The van der Waals surface area contributed by atoms with Crippen LogP contribution in [0.15, 0.2) is 17.4 Å². The second kappa shape index (κ2) is 3.96. The highest BCUT2D eigenvalue weighted by molar-refractivity contribution is 6.47. The second-order valence-electron chi connectivity index (χ2n) is 3.87. The highest BCUT2D eigenvalue weighted by Crippen LogP contribution is 2.21. The number of rotatable bonds is 4. The van der Waals surface area contributed by atoms with Crippen molar-refractivity contribution in [2.24, 2.45) is 5.10 Å². The fourth-order valence-corrected chi connectivity index (χ4v) is 1.86. The Morgan fingerprint density at radius 3 is 2.87 bits per heavy atom. The van der Waals surface area contributed by atoms with E-state index in [9.17, 15) is 9.59 Å². The average Bonchev–Trinajstić information content (AvgIpc) is 2.71. The van der Waals surface area contributed by atoms with Crippen LogP contribution in [0.5, 0.6) is 0 Å². The van der Waals surface area contributed by atoms with Gasteiger partial charge in [0, 0.05) is 12.3 Å². The van der Waals surface area contributed by atoms with E-state index in [0.29, 0.717) is 12.1 Å². The van der Waals surface area contributed by atoms with Crippen LogP contribution in [-0.4, -0.2) is 28.3 Å². The summed E-state index contributed by atoms with van der Waals surface area (Å²) in [7, 11) is 0. The number of carbonyl (C=O) groups is 2. The van der Waals surface area contributed by atoms with Crippen LogP contribution in [0.25, 0.3) is 0 Å². The van der Waals surface area contributed by atoms with Crippen LogP contribution in [-0.2, 0) is 9.59 Å². The van der Waals surface area contributed by atoms with E-state index in [1.54, 1.807) is 6.20 Å². The Balaban J connectivity index is 2.00. The molecule has 4 nitrogen and oxygen atoms in total. The molecule has 0 radical (unpaired) electrons. The molecule has 0 aromatic heterocycles. The molecule has 0 fully saturated rings. The van der Waals surface area contributed by atoms with E-state index in [1.165, 1.54) is 11.1 Å². The zero-order valence-electron chi connectivity index (χ0n) is 8.77. The molecule has 0 N–H and O–H groups in total. The number of fused-ring (bicyclic) bond motifs is 1. The minimum absolute atomic E-state index is 0.110. The van der Waals surface area contributed by atoms with Gasteiger partial charge >= 0.3 is 0 Å². The number of carbonyl (C=O) groups excluding carboxylic acids is 2. The summed E-state index contributed by atoms with van der Waals surface area (Å²) in [6, 6.07) is -0.665. The molecule has 1 unspecified atom stereocenters. The predicted octanol–water partition coefficient (Wildman–Crippen LogP) is 1.27. The van der Waals surface area contributed by atoms with Crippen LogP contribution in [0.3, 0.4) is 0 Å². The Hall–Kier alpha value is -1.45. The summed E-state index contributed by atoms with van der Waals surface area (Å²) in [6.07, 6.45) is 6.88. The molecule has 2 aliphatic heterocycles. The van der Waals surface area contributed by atoms with Crippen molar-refractivity contribution >= 4 is 17.3 Å². The van der Waals surface area contributed by atoms with Gasteiger partial charge in [-0.3, -0.25) is 14.6 Å². The molecule has 4 heteroatoms. The first kappa shape index (κ1) is 10.1. The fourth-order valence-electron chi connectivity index (χ4n) is 1.86. The van der Waals surface area contributed by atoms with Crippen LogP contribution in [0, 0.1) is 0 Å². The zero-order valence-corrected chi connectivity index (χ0v) is 8.77.